The van der Waals surface area contributed by atoms with Crippen molar-refractivity contribution in [1.82, 2.24) is 14.9 Å². The lowest BCUT2D eigenvalue weighted by Crippen LogP contribution is -2.49. The second-order valence-corrected chi connectivity index (χ2v) is 4.71. The molecule has 2 aromatic rings. The van der Waals surface area contributed by atoms with E-state index in [9.17, 15) is 8.78 Å². The van der Waals surface area contributed by atoms with Crippen LogP contribution in [0.1, 0.15) is 11.4 Å². The van der Waals surface area contributed by atoms with Crippen molar-refractivity contribution in [3.05, 3.63) is 46.6 Å². The Kier molecular flexibility index (Phi) is 2.96. The number of thioether (sulfide) groups is 1. The summed E-state index contributed by atoms with van der Waals surface area (Å²) in [5.41, 5.74) is 7.58. The number of rotatable bonds is 2. The van der Waals surface area contributed by atoms with Crippen LogP contribution in [0.4, 0.5) is 8.78 Å². The maximum Gasteiger partial charge on any atom is 0.214 e. The monoisotopic (exact) mass is 282 g/mol. The molecule has 1 aliphatic heterocycles. The fourth-order valence-electron chi connectivity index (χ4n) is 1.74. The average Bonchev–Trinajstić information content (AvgIpc) is 2.80. The van der Waals surface area contributed by atoms with Crippen molar-refractivity contribution in [3.63, 3.8) is 0 Å². The summed E-state index contributed by atoms with van der Waals surface area (Å²) in [6.07, 6.45) is 0. The quantitative estimate of drug-likeness (QED) is 0.860. The van der Waals surface area contributed by atoms with E-state index in [1.807, 2.05) is 0 Å². The van der Waals surface area contributed by atoms with Crippen LogP contribution in [-0.4, -0.2) is 14.9 Å². The van der Waals surface area contributed by atoms with Gasteiger partial charge in [0.15, 0.2) is 0 Å². The summed E-state index contributed by atoms with van der Waals surface area (Å²) >= 11 is 1.32. The van der Waals surface area contributed by atoms with E-state index in [1.54, 1.807) is 10.1 Å². The molecular formula is C11H10F2N5S+. The minimum atomic E-state index is -0.618. The highest BCUT2D eigenvalue weighted by Gasteiger charge is 2.20. The first-order chi connectivity index (χ1) is 9.19. The standard InChI is InChI=1S/C11H9F2N5S/c12-6-1-2-7(8(13)3-6)9-5-19-11-16-15-10(4-14)18(11)17-9/h1-3,5,17H,4,14H2/p+1. The fraction of sp³-hybridized carbons (Fsp3) is 0.0909. The lowest BCUT2D eigenvalue weighted by atomic mass is 10.1. The minimum Gasteiger partial charge on any atom is -0.351 e. The molecule has 0 bridgehead atoms. The smallest absolute Gasteiger partial charge is 0.214 e. The molecule has 0 amide bonds. The van der Waals surface area contributed by atoms with Crippen molar-refractivity contribution in [2.75, 3.05) is 5.43 Å². The van der Waals surface area contributed by atoms with Gasteiger partial charge in [-0.2, -0.15) is 0 Å². The van der Waals surface area contributed by atoms with Crippen LogP contribution >= 0.6 is 11.8 Å². The average molecular weight is 282 g/mol. The first-order valence-electron chi connectivity index (χ1n) is 5.52. The Morgan fingerprint density at radius 3 is 2.89 bits per heavy atom. The Morgan fingerprint density at radius 2 is 2.16 bits per heavy atom. The van der Waals surface area contributed by atoms with E-state index >= 15 is 0 Å². The summed E-state index contributed by atoms with van der Waals surface area (Å²) in [7, 11) is 0. The Bertz CT molecular complexity index is 667. The molecule has 1 aromatic heterocycles. The van der Waals surface area contributed by atoms with Gasteiger partial charge in [0.1, 0.15) is 18.2 Å². The van der Waals surface area contributed by atoms with Gasteiger partial charge in [0, 0.05) is 17.0 Å². The summed E-state index contributed by atoms with van der Waals surface area (Å²) in [6.45, 7) is 0.458. The number of hydrogen-bond donors (Lipinski definition) is 2. The molecule has 0 saturated heterocycles. The van der Waals surface area contributed by atoms with Crippen LogP contribution in [0.15, 0.2) is 28.8 Å². The van der Waals surface area contributed by atoms with Gasteiger partial charge in [-0.1, -0.05) is 11.8 Å². The van der Waals surface area contributed by atoms with E-state index in [1.165, 1.54) is 23.9 Å². The van der Waals surface area contributed by atoms with E-state index in [0.29, 0.717) is 28.8 Å². The summed E-state index contributed by atoms with van der Waals surface area (Å²) < 4.78 is 28.3. The van der Waals surface area contributed by atoms with Crippen molar-refractivity contribution in [2.45, 2.75) is 11.7 Å². The van der Waals surface area contributed by atoms with Crippen LogP contribution in [0.5, 0.6) is 0 Å². The minimum absolute atomic E-state index is 0.295. The number of aromatic nitrogens is 3. The summed E-state index contributed by atoms with van der Waals surface area (Å²) in [5.74, 6) is -0.573. The molecule has 98 valence electrons. The lowest BCUT2D eigenvalue weighted by molar-refractivity contribution is -0.388. The zero-order valence-corrected chi connectivity index (χ0v) is 10.5. The molecule has 0 aliphatic carbocycles. The molecule has 0 radical (unpaired) electrons. The van der Waals surface area contributed by atoms with E-state index in [-0.39, 0.29) is 0 Å². The number of benzene rings is 1. The topological polar surface area (TPSA) is 70.4 Å². The Labute approximate surface area is 111 Å². The van der Waals surface area contributed by atoms with Crippen LogP contribution in [0.2, 0.25) is 0 Å². The molecule has 0 unspecified atom stereocenters. The zero-order valence-electron chi connectivity index (χ0n) is 9.73. The normalized spacial score (nSPS) is 13.7. The second-order valence-electron chi connectivity index (χ2n) is 3.87. The molecular weight excluding hydrogens is 272 g/mol. The van der Waals surface area contributed by atoms with Gasteiger partial charge in [0.25, 0.3) is 0 Å². The Balaban J connectivity index is 1.97. The number of nitrogens with zero attached hydrogens (tertiary/aromatic N) is 3. The molecule has 3 rings (SSSR count). The summed E-state index contributed by atoms with van der Waals surface area (Å²) in [6, 6.07) is 3.46. The molecule has 1 aromatic carbocycles. The zero-order chi connectivity index (χ0) is 13.4. The molecule has 19 heavy (non-hydrogen) atoms. The molecule has 2 heterocycles. The van der Waals surface area contributed by atoms with Crippen LogP contribution in [-0.2, 0) is 6.54 Å². The van der Waals surface area contributed by atoms with Gasteiger partial charge in [-0.3, -0.25) is 5.43 Å². The molecule has 0 atom stereocenters. The van der Waals surface area contributed by atoms with Crippen LogP contribution in [0, 0.1) is 11.6 Å². The van der Waals surface area contributed by atoms with Gasteiger partial charge >= 0.3 is 0 Å². The van der Waals surface area contributed by atoms with Gasteiger partial charge in [0.05, 0.1) is 5.70 Å². The first kappa shape index (κ1) is 12.1. The molecule has 0 spiro atoms. The number of quaternary nitrogens is 1. The van der Waals surface area contributed by atoms with E-state index in [2.05, 4.69) is 21.4 Å². The summed E-state index contributed by atoms with van der Waals surface area (Å²) in [4.78, 5) is 0. The number of hydrogen-bond acceptors (Lipinski definition) is 4. The van der Waals surface area contributed by atoms with Gasteiger partial charge < -0.3 is 5.73 Å². The third-order valence-electron chi connectivity index (χ3n) is 2.66. The van der Waals surface area contributed by atoms with E-state index in [0.717, 1.165) is 6.07 Å². The van der Waals surface area contributed by atoms with Crippen LogP contribution in [0.3, 0.4) is 0 Å². The van der Waals surface area contributed by atoms with E-state index < -0.39 is 11.6 Å². The predicted octanol–water partition coefficient (Wildman–Crippen LogP) is 0.946. The first-order valence-corrected chi connectivity index (χ1v) is 6.40. The third kappa shape index (κ3) is 2.08. The van der Waals surface area contributed by atoms with Gasteiger partial charge in [-0.15, -0.1) is 10.2 Å². The fourth-order valence-corrected chi connectivity index (χ4v) is 2.49. The lowest BCUT2D eigenvalue weighted by Gasteiger charge is -2.18. The van der Waals surface area contributed by atoms with Crippen molar-refractivity contribution < 1.29 is 14.5 Å². The predicted molar refractivity (Wildman–Crippen MR) is 66.2 cm³/mol. The molecule has 5 nitrogen and oxygen atoms in total. The molecule has 4 N–H and O–H groups in total. The van der Waals surface area contributed by atoms with Crippen molar-refractivity contribution in [3.8, 4) is 0 Å². The van der Waals surface area contributed by atoms with Crippen molar-refractivity contribution >= 4 is 17.5 Å². The SMILES string of the molecule is [NH3+]Cc1nnc2n1NC(c1ccc(F)cc1F)=CS2. The highest BCUT2D eigenvalue weighted by atomic mass is 32.2. The Morgan fingerprint density at radius 1 is 1.32 bits per heavy atom. The highest BCUT2D eigenvalue weighted by Crippen LogP contribution is 2.29. The molecule has 8 heteroatoms. The highest BCUT2D eigenvalue weighted by molar-refractivity contribution is 8.02. The maximum absolute atomic E-state index is 13.7. The Hall–Kier alpha value is -1.93. The molecule has 1 aliphatic rings. The second kappa shape index (κ2) is 4.63. The molecule has 0 fully saturated rings. The third-order valence-corrected chi connectivity index (χ3v) is 3.49. The van der Waals surface area contributed by atoms with E-state index in [4.69, 9.17) is 0 Å². The number of nitrogens with one attached hydrogen (secondary N) is 1. The number of fused-ring (bicyclic) bond motifs is 1. The van der Waals surface area contributed by atoms with Gasteiger partial charge in [-0.05, 0) is 12.1 Å². The summed E-state index contributed by atoms with van der Waals surface area (Å²) in [5, 5.41) is 10.3. The van der Waals surface area contributed by atoms with Crippen LogP contribution in [0.25, 0.3) is 5.70 Å². The largest absolute Gasteiger partial charge is 0.351 e. The van der Waals surface area contributed by atoms with Crippen molar-refractivity contribution in [1.29, 1.82) is 0 Å². The van der Waals surface area contributed by atoms with Crippen LogP contribution < -0.4 is 11.2 Å². The van der Waals surface area contributed by atoms with Crippen molar-refractivity contribution in [2.24, 2.45) is 0 Å². The van der Waals surface area contributed by atoms with Gasteiger partial charge in [-0.25, -0.2) is 13.5 Å². The molecule has 0 saturated carbocycles. The van der Waals surface area contributed by atoms with Gasteiger partial charge in [0.2, 0.25) is 11.0 Å². The maximum atomic E-state index is 13.7. The number of halogens is 2.